The summed E-state index contributed by atoms with van der Waals surface area (Å²) in [5.41, 5.74) is 1.14. The summed E-state index contributed by atoms with van der Waals surface area (Å²) in [6.45, 7) is 5.13. The highest BCUT2D eigenvalue weighted by Crippen LogP contribution is 2.13. The van der Waals surface area contributed by atoms with Gasteiger partial charge in [0.25, 0.3) is 0 Å². The van der Waals surface area contributed by atoms with Crippen LogP contribution in [0.2, 0.25) is 0 Å². The van der Waals surface area contributed by atoms with Crippen molar-refractivity contribution in [2.75, 3.05) is 6.61 Å². The smallest absolute Gasteiger partial charge is 0.155 e. The first kappa shape index (κ1) is 11.7. The quantitative estimate of drug-likeness (QED) is 0.755. The molecule has 0 heterocycles. The Hall–Kier alpha value is -0.380. The second kappa shape index (κ2) is 6.17. The number of ether oxygens (including phenoxy) is 2. The van der Waals surface area contributed by atoms with Crippen molar-refractivity contribution in [2.45, 2.75) is 26.7 Å². The molecule has 0 amide bonds. The van der Waals surface area contributed by atoms with E-state index >= 15 is 0 Å². The minimum Gasteiger partial charge on any atom is -0.353 e. The van der Waals surface area contributed by atoms with Crippen molar-refractivity contribution in [3.05, 3.63) is 34.3 Å². The molecule has 0 aromatic heterocycles. The highest BCUT2D eigenvalue weighted by Gasteiger charge is 2.01. The molecular weight excluding hydrogens is 244 g/mol. The molecule has 1 rings (SSSR count). The molecule has 1 aromatic carbocycles. The van der Waals surface area contributed by atoms with E-state index in [1.807, 2.05) is 38.1 Å². The van der Waals surface area contributed by atoms with Gasteiger partial charge in [-0.2, -0.15) is 0 Å². The van der Waals surface area contributed by atoms with Gasteiger partial charge in [-0.25, -0.2) is 0 Å². The Labute approximate surface area is 93.4 Å². The minimum atomic E-state index is -0.140. The van der Waals surface area contributed by atoms with Gasteiger partial charge in [0.1, 0.15) is 0 Å². The van der Waals surface area contributed by atoms with Crippen molar-refractivity contribution in [2.24, 2.45) is 0 Å². The molecule has 0 aliphatic heterocycles. The van der Waals surface area contributed by atoms with Crippen LogP contribution in [0, 0.1) is 0 Å². The summed E-state index contributed by atoms with van der Waals surface area (Å²) in [5, 5.41) is 0. The average molecular weight is 259 g/mol. The Balaban J connectivity index is 2.37. The zero-order valence-electron chi connectivity index (χ0n) is 8.50. The van der Waals surface area contributed by atoms with E-state index in [9.17, 15) is 0 Å². The van der Waals surface area contributed by atoms with Gasteiger partial charge >= 0.3 is 0 Å². The first-order valence-corrected chi connectivity index (χ1v) is 5.49. The van der Waals surface area contributed by atoms with Crippen LogP contribution >= 0.6 is 15.9 Å². The van der Waals surface area contributed by atoms with Crippen LogP contribution in [0.25, 0.3) is 0 Å². The van der Waals surface area contributed by atoms with Crippen LogP contribution < -0.4 is 0 Å². The molecule has 0 fully saturated rings. The van der Waals surface area contributed by atoms with Crippen LogP contribution in [0.15, 0.2) is 28.7 Å². The Bertz CT molecular complexity index is 276. The van der Waals surface area contributed by atoms with Crippen molar-refractivity contribution in [3.63, 3.8) is 0 Å². The van der Waals surface area contributed by atoms with Gasteiger partial charge in [-0.05, 0) is 31.5 Å². The lowest BCUT2D eigenvalue weighted by molar-refractivity contribution is -0.134. The van der Waals surface area contributed by atoms with Crippen LogP contribution in [0.4, 0.5) is 0 Å². The lowest BCUT2D eigenvalue weighted by Gasteiger charge is -2.12. The average Bonchev–Trinajstić information content (AvgIpc) is 2.15. The zero-order chi connectivity index (χ0) is 10.4. The van der Waals surface area contributed by atoms with Gasteiger partial charge in [0, 0.05) is 11.1 Å². The SMILES string of the molecule is CCOC(C)OCc1cccc(Br)c1. The van der Waals surface area contributed by atoms with E-state index in [1.165, 1.54) is 0 Å². The molecule has 1 unspecified atom stereocenters. The molecule has 0 radical (unpaired) electrons. The maximum atomic E-state index is 5.48. The molecule has 0 spiro atoms. The van der Waals surface area contributed by atoms with E-state index in [0.29, 0.717) is 13.2 Å². The summed E-state index contributed by atoms with van der Waals surface area (Å²) in [7, 11) is 0. The maximum Gasteiger partial charge on any atom is 0.155 e. The van der Waals surface area contributed by atoms with Crippen LogP contribution in [0.5, 0.6) is 0 Å². The molecule has 1 aromatic rings. The van der Waals surface area contributed by atoms with Crippen LogP contribution in [-0.2, 0) is 16.1 Å². The van der Waals surface area contributed by atoms with Crippen molar-refractivity contribution >= 4 is 15.9 Å². The molecule has 1 atom stereocenters. The van der Waals surface area contributed by atoms with Gasteiger partial charge in [0.15, 0.2) is 6.29 Å². The molecule has 0 saturated carbocycles. The molecule has 3 heteroatoms. The standard InChI is InChI=1S/C11H15BrO2/c1-3-13-9(2)14-8-10-5-4-6-11(12)7-10/h4-7,9H,3,8H2,1-2H3. The molecule has 0 aliphatic carbocycles. The number of hydrogen-bond acceptors (Lipinski definition) is 2. The Kier molecular flexibility index (Phi) is 5.15. The van der Waals surface area contributed by atoms with Crippen LogP contribution in [0.1, 0.15) is 19.4 Å². The number of hydrogen-bond donors (Lipinski definition) is 0. The molecule has 2 nitrogen and oxygen atoms in total. The van der Waals surface area contributed by atoms with Gasteiger partial charge in [-0.15, -0.1) is 0 Å². The topological polar surface area (TPSA) is 18.5 Å². The molecule has 0 aliphatic rings. The molecule has 0 N–H and O–H groups in total. The van der Waals surface area contributed by atoms with E-state index in [2.05, 4.69) is 15.9 Å². The Morgan fingerprint density at radius 3 is 2.79 bits per heavy atom. The summed E-state index contributed by atoms with van der Waals surface area (Å²) in [6.07, 6.45) is -0.140. The van der Waals surface area contributed by atoms with E-state index < -0.39 is 0 Å². The summed E-state index contributed by atoms with van der Waals surface area (Å²) >= 11 is 3.41. The third-order valence-corrected chi connectivity index (χ3v) is 2.27. The van der Waals surface area contributed by atoms with E-state index in [4.69, 9.17) is 9.47 Å². The fraction of sp³-hybridized carbons (Fsp3) is 0.455. The lowest BCUT2D eigenvalue weighted by atomic mass is 10.2. The summed E-state index contributed by atoms with van der Waals surface area (Å²) in [5.74, 6) is 0. The Morgan fingerprint density at radius 2 is 2.14 bits per heavy atom. The summed E-state index contributed by atoms with van der Waals surface area (Å²) < 4.78 is 11.8. The van der Waals surface area contributed by atoms with Gasteiger partial charge in [-0.1, -0.05) is 28.1 Å². The van der Waals surface area contributed by atoms with Gasteiger partial charge in [0.2, 0.25) is 0 Å². The molecular formula is C11H15BrO2. The van der Waals surface area contributed by atoms with Crippen LogP contribution in [0.3, 0.4) is 0 Å². The minimum absolute atomic E-state index is 0.140. The summed E-state index contributed by atoms with van der Waals surface area (Å²) in [6, 6.07) is 8.06. The first-order valence-electron chi connectivity index (χ1n) is 4.70. The third-order valence-electron chi connectivity index (χ3n) is 1.78. The first-order chi connectivity index (χ1) is 6.72. The van der Waals surface area contributed by atoms with Crippen molar-refractivity contribution in [1.29, 1.82) is 0 Å². The lowest BCUT2D eigenvalue weighted by Crippen LogP contribution is -2.12. The number of halogens is 1. The predicted octanol–water partition coefficient (Wildman–Crippen LogP) is 3.35. The van der Waals surface area contributed by atoms with Crippen molar-refractivity contribution < 1.29 is 9.47 Å². The van der Waals surface area contributed by atoms with E-state index in [1.54, 1.807) is 0 Å². The van der Waals surface area contributed by atoms with Gasteiger partial charge in [-0.3, -0.25) is 0 Å². The molecule has 0 bridgehead atoms. The van der Waals surface area contributed by atoms with E-state index in [0.717, 1.165) is 10.0 Å². The number of benzene rings is 1. The van der Waals surface area contributed by atoms with Crippen LogP contribution in [-0.4, -0.2) is 12.9 Å². The second-order valence-electron chi connectivity index (χ2n) is 2.96. The molecule has 0 saturated heterocycles. The predicted molar refractivity (Wildman–Crippen MR) is 60.0 cm³/mol. The highest BCUT2D eigenvalue weighted by molar-refractivity contribution is 9.10. The van der Waals surface area contributed by atoms with Crippen molar-refractivity contribution in [1.82, 2.24) is 0 Å². The molecule has 78 valence electrons. The third kappa shape index (κ3) is 4.22. The normalized spacial score (nSPS) is 12.8. The fourth-order valence-corrected chi connectivity index (χ4v) is 1.57. The van der Waals surface area contributed by atoms with Gasteiger partial charge in [0.05, 0.1) is 6.61 Å². The van der Waals surface area contributed by atoms with Gasteiger partial charge < -0.3 is 9.47 Å². The fourth-order valence-electron chi connectivity index (χ4n) is 1.12. The molecule has 14 heavy (non-hydrogen) atoms. The monoisotopic (exact) mass is 258 g/mol. The highest BCUT2D eigenvalue weighted by atomic mass is 79.9. The Morgan fingerprint density at radius 1 is 1.36 bits per heavy atom. The number of rotatable bonds is 5. The zero-order valence-corrected chi connectivity index (χ0v) is 10.1. The summed E-state index contributed by atoms with van der Waals surface area (Å²) in [4.78, 5) is 0. The second-order valence-corrected chi connectivity index (χ2v) is 3.88. The van der Waals surface area contributed by atoms with Crippen molar-refractivity contribution in [3.8, 4) is 0 Å². The van der Waals surface area contributed by atoms with E-state index in [-0.39, 0.29) is 6.29 Å². The largest absolute Gasteiger partial charge is 0.353 e. The maximum absolute atomic E-state index is 5.48.